The Morgan fingerprint density at radius 2 is 1.85 bits per heavy atom. The minimum absolute atomic E-state index is 0.0893. The van der Waals surface area contributed by atoms with Gasteiger partial charge in [-0.05, 0) is 35.4 Å². The number of rotatable bonds is 9. The number of aromatic hydroxyl groups is 1. The van der Waals surface area contributed by atoms with Gasteiger partial charge < -0.3 is 9.84 Å². The molecule has 34 heavy (non-hydrogen) atoms. The van der Waals surface area contributed by atoms with E-state index >= 15 is 0 Å². The van der Waals surface area contributed by atoms with Crippen molar-refractivity contribution in [1.82, 2.24) is 19.7 Å². The second kappa shape index (κ2) is 10.2. The van der Waals surface area contributed by atoms with Crippen LogP contribution in [0.5, 0.6) is 5.75 Å². The molecular formula is C23H22N4O5S2. The van der Waals surface area contributed by atoms with Crippen molar-refractivity contribution >= 4 is 27.3 Å². The average Bonchev–Trinajstić information content (AvgIpc) is 3.53. The molecule has 0 radical (unpaired) electrons. The molecule has 2 aromatic carbocycles. The van der Waals surface area contributed by atoms with E-state index in [9.17, 15) is 18.3 Å². The summed E-state index contributed by atoms with van der Waals surface area (Å²) < 4.78 is 34.5. The number of nitrogens with zero attached hydrogens (tertiary/aromatic N) is 3. The molecule has 0 saturated carbocycles. The fourth-order valence-corrected chi connectivity index (χ4v) is 5.64. The van der Waals surface area contributed by atoms with Gasteiger partial charge in [0.05, 0.1) is 25.5 Å². The molecule has 0 aliphatic rings. The molecule has 0 aliphatic heterocycles. The number of hydrogen-bond donors (Lipinski definition) is 2. The third kappa shape index (κ3) is 5.50. The van der Waals surface area contributed by atoms with Gasteiger partial charge >= 0.3 is 5.97 Å². The monoisotopic (exact) mass is 498 g/mol. The number of carbonyl (C=O) groups is 1. The first-order valence-corrected chi connectivity index (χ1v) is 12.6. The highest BCUT2D eigenvalue weighted by atomic mass is 32.2. The standard InChI is InChI=1S/C23H22N4O5S2/c1-32-23(29)20(13-16-7-9-19(28)10-8-16)27-15-18(25-26-27)14-24-34(30,31)22-12-11-21(33-22)17-5-3-2-4-6-17/h2-12,15,20,24,28H,13-14H2,1H3. The summed E-state index contributed by atoms with van der Waals surface area (Å²) >= 11 is 1.18. The molecule has 2 N–H and O–H groups in total. The zero-order valence-corrected chi connectivity index (χ0v) is 19.8. The first kappa shape index (κ1) is 23.6. The Labute approximate surface area is 200 Å². The van der Waals surface area contributed by atoms with E-state index in [0.29, 0.717) is 5.69 Å². The van der Waals surface area contributed by atoms with Crippen molar-refractivity contribution in [2.75, 3.05) is 7.11 Å². The van der Waals surface area contributed by atoms with Crippen LogP contribution in [-0.4, -0.2) is 41.6 Å². The Hall–Kier alpha value is -3.54. The predicted molar refractivity (Wildman–Crippen MR) is 127 cm³/mol. The van der Waals surface area contributed by atoms with E-state index in [1.807, 2.05) is 30.3 Å². The highest BCUT2D eigenvalue weighted by Gasteiger charge is 2.24. The smallest absolute Gasteiger partial charge is 0.331 e. The second-order valence-electron chi connectivity index (χ2n) is 7.41. The van der Waals surface area contributed by atoms with Crippen LogP contribution in [0.4, 0.5) is 0 Å². The highest BCUT2D eigenvalue weighted by molar-refractivity contribution is 7.91. The summed E-state index contributed by atoms with van der Waals surface area (Å²) in [7, 11) is -2.47. The number of ether oxygens (including phenoxy) is 1. The van der Waals surface area contributed by atoms with Crippen LogP contribution < -0.4 is 4.72 Å². The molecule has 0 aliphatic carbocycles. The van der Waals surface area contributed by atoms with E-state index in [2.05, 4.69) is 15.0 Å². The molecular weight excluding hydrogens is 476 g/mol. The molecule has 2 heterocycles. The lowest BCUT2D eigenvalue weighted by atomic mass is 10.1. The van der Waals surface area contributed by atoms with Crippen LogP contribution in [-0.2, 0) is 32.5 Å². The number of esters is 1. The van der Waals surface area contributed by atoms with E-state index in [0.717, 1.165) is 16.0 Å². The van der Waals surface area contributed by atoms with Crippen LogP contribution in [0.25, 0.3) is 10.4 Å². The Bertz CT molecular complexity index is 1370. The lowest BCUT2D eigenvalue weighted by Gasteiger charge is -2.14. The number of phenols is 1. The van der Waals surface area contributed by atoms with Crippen LogP contribution in [0.3, 0.4) is 0 Å². The molecule has 1 unspecified atom stereocenters. The molecule has 11 heteroatoms. The van der Waals surface area contributed by atoms with Gasteiger partial charge in [0.1, 0.15) is 9.96 Å². The number of benzene rings is 2. The van der Waals surface area contributed by atoms with E-state index in [4.69, 9.17) is 4.74 Å². The molecule has 0 spiro atoms. The van der Waals surface area contributed by atoms with Crippen LogP contribution in [0, 0.1) is 0 Å². The van der Waals surface area contributed by atoms with Crippen LogP contribution >= 0.6 is 11.3 Å². The van der Waals surface area contributed by atoms with Crippen molar-refractivity contribution in [3.05, 3.63) is 84.2 Å². The molecule has 0 bridgehead atoms. The summed E-state index contributed by atoms with van der Waals surface area (Å²) in [5, 5.41) is 17.5. The topological polar surface area (TPSA) is 123 Å². The van der Waals surface area contributed by atoms with Gasteiger partial charge in [0.25, 0.3) is 0 Å². The van der Waals surface area contributed by atoms with Crippen molar-refractivity contribution in [3.63, 3.8) is 0 Å². The number of thiophene rings is 1. The number of aromatic nitrogens is 3. The number of nitrogens with one attached hydrogen (secondary N) is 1. The van der Waals surface area contributed by atoms with Crippen molar-refractivity contribution in [3.8, 4) is 16.2 Å². The highest BCUT2D eigenvalue weighted by Crippen LogP contribution is 2.30. The van der Waals surface area contributed by atoms with Crippen molar-refractivity contribution in [2.24, 2.45) is 0 Å². The van der Waals surface area contributed by atoms with E-state index in [1.165, 1.54) is 41.5 Å². The van der Waals surface area contributed by atoms with Gasteiger partial charge in [-0.2, -0.15) is 0 Å². The lowest BCUT2D eigenvalue weighted by Crippen LogP contribution is -2.24. The zero-order chi connectivity index (χ0) is 24.1. The minimum Gasteiger partial charge on any atom is -0.508 e. The van der Waals surface area contributed by atoms with Crippen molar-refractivity contribution < 1.29 is 23.1 Å². The largest absolute Gasteiger partial charge is 0.508 e. The Morgan fingerprint density at radius 3 is 2.56 bits per heavy atom. The lowest BCUT2D eigenvalue weighted by molar-refractivity contribution is -0.144. The molecule has 0 amide bonds. The van der Waals surface area contributed by atoms with Gasteiger partial charge in [-0.1, -0.05) is 47.7 Å². The first-order chi connectivity index (χ1) is 16.4. The number of carbonyl (C=O) groups excluding carboxylic acids is 1. The van der Waals surface area contributed by atoms with E-state index in [1.54, 1.807) is 24.3 Å². The Morgan fingerprint density at radius 1 is 1.12 bits per heavy atom. The van der Waals surface area contributed by atoms with Crippen molar-refractivity contribution in [2.45, 2.75) is 23.2 Å². The normalized spacial score (nSPS) is 12.4. The summed E-state index contributed by atoms with van der Waals surface area (Å²) in [6.07, 6.45) is 1.77. The molecule has 2 aromatic heterocycles. The van der Waals surface area contributed by atoms with Crippen LogP contribution in [0.2, 0.25) is 0 Å². The van der Waals surface area contributed by atoms with Gasteiger partial charge in [-0.25, -0.2) is 22.6 Å². The van der Waals surface area contributed by atoms with Gasteiger partial charge in [-0.15, -0.1) is 16.4 Å². The van der Waals surface area contributed by atoms with Gasteiger partial charge in [0, 0.05) is 11.3 Å². The zero-order valence-electron chi connectivity index (χ0n) is 18.2. The number of methoxy groups -OCH3 is 1. The third-order valence-electron chi connectivity index (χ3n) is 5.06. The molecule has 0 fully saturated rings. The maximum absolute atomic E-state index is 12.8. The molecule has 176 valence electrons. The SMILES string of the molecule is COC(=O)C(Cc1ccc(O)cc1)n1cc(CNS(=O)(=O)c2ccc(-c3ccccc3)s2)nn1. The molecule has 9 nitrogen and oxygen atoms in total. The van der Waals surface area contributed by atoms with Gasteiger partial charge in [-0.3, -0.25) is 0 Å². The fourth-order valence-electron chi connectivity index (χ4n) is 3.29. The minimum atomic E-state index is -3.75. The summed E-state index contributed by atoms with van der Waals surface area (Å²) in [6.45, 7) is -0.0893. The van der Waals surface area contributed by atoms with Crippen LogP contribution in [0.15, 0.2) is 77.1 Å². The van der Waals surface area contributed by atoms with Gasteiger partial charge in [0.2, 0.25) is 10.0 Å². The molecule has 4 rings (SSSR count). The maximum Gasteiger partial charge on any atom is 0.331 e. The molecule has 0 saturated heterocycles. The number of sulfonamides is 1. The summed E-state index contributed by atoms with van der Waals surface area (Å²) in [4.78, 5) is 13.2. The Balaban J connectivity index is 1.45. The average molecular weight is 499 g/mol. The predicted octanol–water partition coefficient (Wildman–Crippen LogP) is 3.15. The summed E-state index contributed by atoms with van der Waals surface area (Å²) in [5.41, 5.74) is 2.08. The third-order valence-corrected chi connectivity index (χ3v) is 8.09. The fraction of sp³-hybridized carbons (Fsp3) is 0.174. The molecule has 1 atom stereocenters. The van der Waals surface area contributed by atoms with Gasteiger partial charge in [0.15, 0.2) is 6.04 Å². The first-order valence-electron chi connectivity index (χ1n) is 10.3. The quantitative estimate of drug-likeness (QED) is 0.340. The summed E-state index contributed by atoms with van der Waals surface area (Å²) in [6, 6.07) is 18.5. The van der Waals surface area contributed by atoms with Crippen LogP contribution in [0.1, 0.15) is 17.3 Å². The van der Waals surface area contributed by atoms with E-state index < -0.39 is 22.0 Å². The number of phenolic OH excluding ortho intramolecular Hbond substituents is 1. The number of hydrogen-bond acceptors (Lipinski definition) is 8. The molecule has 4 aromatic rings. The van der Waals surface area contributed by atoms with E-state index in [-0.39, 0.29) is 22.9 Å². The summed E-state index contributed by atoms with van der Waals surface area (Å²) in [5.74, 6) is -0.396. The second-order valence-corrected chi connectivity index (χ2v) is 10.5. The maximum atomic E-state index is 12.8. The Kier molecular flexibility index (Phi) is 7.06. The van der Waals surface area contributed by atoms with Crippen molar-refractivity contribution in [1.29, 1.82) is 0 Å².